The van der Waals surface area contributed by atoms with Gasteiger partial charge in [0.2, 0.25) is 0 Å². The minimum atomic E-state index is 0. The predicted molar refractivity (Wildman–Crippen MR) is 130 cm³/mol. The van der Waals surface area contributed by atoms with Crippen LogP contribution in [0.3, 0.4) is 0 Å². The second-order valence-corrected chi connectivity index (χ2v) is 7.25. The molecule has 2 heterocycles. The summed E-state index contributed by atoms with van der Waals surface area (Å²) in [5.41, 5.74) is 4.91. The van der Waals surface area contributed by atoms with Gasteiger partial charge < -0.3 is 20.1 Å². The second-order valence-electron chi connectivity index (χ2n) is 7.25. The van der Waals surface area contributed by atoms with Crippen LogP contribution in [-0.4, -0.2) is 29.2 Å². The lowest BCUT2D eigenvalue weighted by Gasteiger charge is -2.10. The number of H-pyrrole nitrogens is 1. The van der Waals surface area contributed by atoms with Crippen molar-refractivity contribution in [3.8, 4) is 0 Å². The van der Waals surface area contributed by atoms with Crippen molar-refractivity contribution in [3.05, 3.63) is 53.0 Å². The maximum Gasteiger partial charge on any atom is 0.191 e. The molecule has 0 aliphatic carbocycles. The lowest BCUT2D eigenvalue weighted by molar-refractivity contribution is 0.376. The van der Waals surface area contributed by atoms with E-state index in [2.05, 4.69) is 77.9 Å². The Morgan fingerprint density at radius 3 is 2.72 bits per heavy atom. The quantitative estimate of drug-likeness (QED) is 0.233. The van der Waals surface area contributed by atoms with Crippen LogP contribution in [0.2, 0.25) is 0 Å². The highest BCUT2D eigenvalue weighted by molar-refractivity contribution is 14.0. The van der Waals surface area contributed by atoms with E-state index < -0.39 is 0 Å². The highest BCUT2D eigenvalue weighted by atomic mass is 127. The minimum Gasteiger partial charge on any atom is -0.361 e. The molecule has 1 aromatic carbocycles. The van der Waals surface area contributed by atoms with E-state index in [0.717, 1.165) is 43.3 Å². The van der Waals surface area contributed by atoms with Gasteiger partial charge in [-0.25, -0.2) is 4.99 Å². The number of benzene rings is 1. The number of rotatable bonds is 8. The van der Waals surface area contributed by atoms with Gasteiger partial charge in [0.1, 0.15) is 6.54 Å². The van der Waals surface area contributed by atoms with Crippen LogP contribution in [0.5, 0.6) is 0 Å². The summed E-state index contributed by atoms with van der Waals surface area (Å²) in [4.78, 5) is 8.05. The van der Waals surface area contributed by atoms with Crippen LogP contribution < -0.4 is 10.6 Å². The lowest BCUT2D eigenvalue weighted by Crippen LogP contribution is -2.38. The molecule has 0 aliphatic rings. The van der Waals surface area contributed by atoms with Crippen LogP contribution >= 0.6 is 24.0 Å². The molecule has 6 nitrogen and oxygen atoms in total. The summed E-state index contributed by atoms with van der Waals surface area (Å²) in [7, 11) is 0. The van der Waals surface area contributed by atoms with Crippen molar-refractivity contribution in [2.45, 2.75) is 53.0 Å². The van der Waals surface area contributed by atoms with Crippen molar-refractivity contribution < 1.29 is 4.52 Å². The van der Waals surface area contributed by atoms with E-state index in [0.29, 0.717) is 12.5 Å². The highest BCUT2D eigenvalue weighted by Gasteiger charge is 2.09. The second kappa shape index (κ2) is 11.2. The molecule has 0 fully saturated rings. The summed E-state index contributed by atoms with van der Waals surface area (Å²) in [5, 5.41) is 12.1. The Kier molecular flexibility index (Phi) is 9.00. The molecule has 3 aromatic rings. The lowest BCUT2D eigenvalue weighted by atomic mass is 10.1. The molecule has 158 valence electrons. The van der Waals surface area contributed by atoms with Gasteiger partial charge in [-0.15, -0.1) is 24.0 Å². The maximum atomic E-state index is 5.37. The van der Waals surface area contributed by atoms with E-state index in [1.165, 1.54) is 22.0 Å². The van der Waals surface area contributed by atoms with Gasteiger partial charge in [0.15, 0.2) is 11.7 Å². The van der Waals surface area contributed by atoms with E-state index in [1.807, 2.05) is 6.07 Å². The molecule has 3 N–H and O–H groups in total. The summed E-state index contributed by atoms with van der Waals surface area (Å²) in [6.07, 6.45) is 4.09. The number of aryl methyl sites for hydroxylation is 1. The first-order valence-corrected chi connectivity index (χ1v) is 10.2. The molecule has 0 aliphatic heterocycles. The van der Waals surface area contributed by atoms with Gasteiger partial charge in [-0.2, -0.15) is 0 Å². The van der Waals surface area contributed by atoms with Crippen molar-refractivity contribution >= 4 is 40.8 Å². The average Bonchev–Trinajstić information content (AvgIpc) is 3.33. The zero-order valence-electron chi connectivity index (χ0n) is 17.7. The molecule has 0 bridgehead atoms. The van der Waals surface area contributed by atoms with E-state index in [-0.39, 0.29) is 24.0 Å². The zero-order chi connectivity index (χ0) is 19.9. The largest absolute Gasteiger partial charge is 0.361 e. The Labute approximate surface area is 189 Å². The molecular formula is C22H32IN5O. The van der Waals surface area contributed by atoms with E-state index in [1.54, 1.807) is 0 Å². The first kappa shape index (κ1) is 23.3. The van der Waals surface area contributed by atoms with Crippen molar-refractivity contribution in [1.82, 2.24) is 20.8 Å². The van der Waals surface area contributed by atoms with Gasteiger partial charge in [0.25, 0.3) is 0 Å². The van der Waals surface area contributed by atoms with Gasteiger partial charge in [0.05, 0.1) is 5.69 Å². The van der Waals surface area contributed by atoms with Crippen LogP contribution in [0.1, 0.15) is 56.2 Å². The number of hydrogen-bond donors (Lipinski definition) is 3. The molecule has 0 radical (unpaired) electrons. The fourth-order valence-electron chi connectivity index (χ4n) is 3.27. The molecule has 0 saturated carbocycles. The smallest absolute Gasteiger partial charge is 0.191 e. The summed E-state index contributed by atoms with van der Waals surface area (Å²) in [6.45, 7) is 10.6. The molecule has 0 atom stereocenters. The van der Waals surface area contributed by atoms with Gasteiger partial charge in [-0.05, 0) is 36.8 Å². The van der Waals surface area contributed by atoms with E-state index in [9.17, 15) is 0 Å². The van der Waals surface area contributed by atoms with Crippen LogP contribution in [0, 0.1) is 0 Å². The topological polar surface area (TPSA) is 78.2 Å². The number of para-hydroxylation sites is 1. The van der Waals surface area contributed by atoms with Crippen molar-refractivity contribution in [2.75, 3.05) is 13.1 Å². The Bertz CT molecular complexity index is 928. The SMILES string of the molecule is CCNC(=NCc1cc(C(C)C)no1)NCCc1c[nH]c2c(CC)cccc12.I. The fourth-order valence-corrected chi connectivity index (χ4v) is 3.27. The number of fused-ring (bicyclic) bond motifs is 1. The fraction of sp³-hybridized carbons (Fsp3) is 0.455. The van der Waals surface area contributed by atoms with E-state index >= 15 is 0 Å². The first-order valence-electron chi connectivity index (χ1n) is 10.2. The highest BCUT2D eigenvalue weighted by Crippen LogP contribution is 2.22. The molecule has 3 rings (SSSR count). The van der Waals surface area contributed by atoms with E-state index in [4.69, 9.17) is 4.52 Å². The molecule has 0 spiro atoms. The Morgan fingerprint density at radius 2 is 2.03 bits per heavy atom. The Hall–Kier alpha value is -2.03. The third-order valence-electron chi connectivity index (χ3n) is 4.86. The maximum absolute atomic E-state index is 5.37. The molecule has 7 heteroatoms. The third kappa shape index (κ3) is 5.98. The first-order chi connectivity index (χ1) is 13.6. The Balaban J connectivity index is 0.00000300. The van der Waals surface area contributed by atoms with Gasteiger partial charge in [-0.1, -0.05) is 44.1 Å². The molecular weight excluding hydrogens is 477 g/mol. The standard InChI is InChI=1S/C22H31N5O.HI/c1-5-16-8-7-9-19-17(13-25-21(16)19)10-11-24-22(23-6-2)26-14-18-12-20(15(3)4)27-28-18;/h7-9,12-13,15,25H,5-6,10-11,14H2,1-4H3,(H2,23,24,26);1H. The van der Waals surface area contributed by atoms with Gasteiger partial charge >= 0.3 is 0 Å². The normalized spacial score (nSPS) is 11.7. The number of nitrogens with one attached hydrogen (secondary N) is 3. The van der Waals surface area contributed by atoms with Crippen LogP contribution in [0.25, 0.3) is 10.9 Å². The van der Waals surface area contributed by atoms with Gasteiger partial charge in [0, 0.05) is 36.3 Å². The van der Waals surface area contributed by atoms with Crippen LogP contribution in [0.4, 0.5) is 0 Å². The number of hydrogen-bond acceptors (Lipinski definition) is 3. The molecule has 29 heavy (non-hydrogen) atoms. The zero-order valence-corrected chi connectivity index (χ0v) is 20.0. The molecule has 0 saturated heterocycles. The molecule has 0 amide bonds. The van der Waals surface area contributed by atoms with Crippen molar-refractivity contribution in [1.29, 1.82) is 0 Å². The van der Waals surface area contributed by atoms with Crippen molar-refractivity contribution in [3.63, 3.8) is 0 Å². The van der Waals surface area contributed by atoms with Crippen molar-refractivity contribution in [2.24, 2.45) is 4.99 Å². The summed E-state index contributed by atoms with van der Waals surface area (Å²) in [5.74, 6) is 1.93. The molecule has 0 unspecified atom stereocenters. The predicted octanol–water partition coefficient (Wildman–Crippen LogP) is 4.76. The summed E-state index contributed by atoms with van der Waals surface area (Å²) in [6, 6.07) is 8.50. The number of nitrogens with zero attached hydrogens (tertiary/aromatic N) is 2. The number of aromatic nitrogens is 2. The van der Waals surface area contributed by atoms with Crippen LogP contribution in [-0.2, 0) is 19.4 Å². The summed E-state index contributed by atoms with van der Waals surface area (Å²) >= 11 is 0. The Morgan fingerprint density at radius 1 is 1.21 bits per heavy atom. The average molecular weight is 509 g/mol. The molecule has 2 aromatic heterocycles. The number of aromatic amines is 1. The number of guanidine groups is 1. The number of halogens is 1. The van der Waals surface area contributed by atoms with Gasteiger partial charge in [-0.3, -0.25) is 0 Å². The minimum absolute atomic E-state index is 0. The third-order valence-corrected chi connectivity index (χ3v) is 4.86. The monoisotopic (exact) mass is 509 g/mol. The number of aliphatic imine (C=N–C) groups is 1. The summed E-state index contributed by atoms with van der Waals surface area (Å²) < 4.78 is 5.37. The van der Waals surface area contributed by atoms with Crippen LogP contribution in [0.15, 0.2) is 40.0 Å².